The van der Waals surface area contributed by atoms with E-state index in [2.05, 4.69) is 0 Å². The van der Waals surface area contributed by atoms with E-state index in [0.717, 1.165) is 0 Å². The summed E-state index contributed by atoms with van der Waals surface area (Å²) in [5, 5.41) is 18.8. The van der Waals surface area contributed by atoms with Gasteiger partial charge in [0, 0.05) is 6.61 Å². The fourth-order valence-corrected chi connectivity index (χ4v) is 1.31. The molecule has 0 saturated heterocycles. The SMILES string of the molecule is CCOCC(C)(O)c1cccc(C#N)c1. The van der Waals surface area contributed by atoms with Crippen LogP contribution in [0, 0.1) is 11.3 Å². The Morgan fingerprint density at radius 1 is 1.53 bits per heavy atom. The summed E-state index contributed by atoms with van der Waals surface area (Å²) in [5.74, 6) is 0. The van der Waals surface area contributed by atoms with E-state index in [1.165, 1.54) is 0 Å². The topological polar surface area (TPSA) is 53.2 Å². The van der Waals surface area contributed by atoms with Crippen LogP contribution in [0.25, 0.3) is 0 Å². The zero-order valence-electron chi connectivity index (χ0n) is 9.03. The third-order valence-corrected chi connectivity index (χ3v) is 2.20. The number of ether oxygens (including phenoxy) is 1. The zero-order valence-corrected chi connectivity index (χ0v) is 9.03. The molecule has 0 bridgehead atoms. The van der Waals surface area contributed by atoms with Gasteiger partial charge in [0.05, 0.1) is 18.2 Å². The van der Waals surface area contributed by atoms with Gasteiger partial charge >= 0.3 is 0 Å². The molecule has 1 aromatic carbocycles. The van der Waals surface area contributed by atoms with Crippen molar-refractivity contribution in [1.29, 1.82) is 5.26 Å². The number of rotatable bonds is 4. The molecule has 1 aromatic rings. The molecule has 15 heavy (non-hydrogen) atoms. The fraction of sp³-hybridized carbons (Fsp3) is 0.417. The van der Waals surface area contributed by atoms with E-state index < -0.39 is 5.60 Å². The van der Waals surface area contributed by atoms with Crippen molar-refractivity contribution < 1.29 is 9.84 Å². The highest BCUT2D eigenvalue weighted by Crippen LogP contribution is 2.21. The molecular formula is C12H15NO2. The van der Waals surface area contributed by atoms with Gasteiger partial charge in [-0.2, -0.15) is 5.26 Å². The van der Waals surface area contributed by atoms with Crippen LogP contribution >= 0.6 is 0 Å². The molecule has 0 aliphatic carbocycles. The van der Waals surface area contributed by atoms with Crippen molar-refractivity contribution in [1.82, 2.24) is 0 Å². The summed E-state index contributed by atoms with van der Waals surface area (Å²) >= 11 is 0. The minimum Gasteiger partial charge on any atom is -0.383 e. The van der Waals surface area contributed by atoms with Crippen LogP contribution < -0.4 is 0 Å². The summed E-state index contributed by atoms with van der Waals surface area (Å²) in [6, 6.07) is 8.98. The van der Waals surface area contributed by atoms with Crippen LogP contribution in [-0.2, 0) is 10.3 Å². The summed E-state index contributed by atoms with van der Waals surface area (Å²) in [7, 11) is 0. The maximum absolute atomic E-state index is 10.1. The standard InChI is InChI=1S/C12H15NO2/c1-3-15-9-12(2,14)11-6-4-5-10(7-11)8-13/h4-7,14H,3,9H2,1-2H3. The number of nitrogens with zero attached hydrogens (tertiary/aromatic N) is 1. The Hall–Kier alpha value is -1.37. The summed E-state index contributed by atoms with van der Waals surface area (Å²) in [6.07, 6.45) is 0. The van der Waals surface area contributed by atoms with Gasteiger partial charge in [-0.25, -0.2) is 0 Å². The van der Waals surface area contributed by atoms with Gasteiger partial charge in [-0.15, -0.1) is 0 Å². The van der Waals surface area contributed by atoms with Crippen LogP contribution in [0.4, 0.5) is 0 Å². The van der Waals surface area contributed by atoms with Gasteiger partial charge in [-0.3, -0.25) is 0 Å². The van der Waals surface area contributed by atoms with E-state index in [9.17, 15) is 5.11 Å². The van der Waals surface area contributed by atoms with E-state index in [-0.39, 0.29) is 6.61 Å². The largest absolute Gasteiger partial charge is 0.383 e. The lowest BCUT2D eigenvalue weighted by molar-refractivity contribution is -0.0343. The molecule has 1 atom stereocenters. The summed E-state index contributed by atoms with van der Waals surface area (Å²) < 4.78 is 5.19. The summed E-state index contributed by atoms with van der Waals surface area (Å²) in [5.41, 5.74) is 0.211. The van der Waals surface area contributed by atoms with Crippen LogP contribution in [0.5, 0.6) is 0 Å². The molecule has 0 saturated carbocycles. The highest BCUT2D eigenvalue weighted by Gasteiger charge is 2.23. The van der Waals surface area contributed by atoms with Gasteiger partial charge in [0.25, 0.3) is 0 Å². The van der Waals surface area contributed by atoms with Crippen LogP contribution in [0.15, 0.2) is 24.3 Å². The Kier molecular flexibility index (Phi) is 3.84. The average Bonchev–Trinajstić information content (AvgIpc) is 2.26. The molecule has 0 aromatic heterocycles. The zero-order chi connectivity index (χ0) is 11.3. The molecule has 0 spiro atoms. The Labute approximate surface area is 89.9 Å². The van der Waals surface area contributed by atoms with Gasteiger partial charge < -0.3 is 9.84 Å². The third-order valence-electron chi connectivity index (χ3n) is 2.20. The van der Waals surface area contributed by atoms with Gasteiger partial charge in [-0.05, 0) is 31.5 Å². The highest BCUT2D eigenvalue weighted by atomic mass is 16.5. The molecule has 1 N–H and O–H groups in total. The van der Waals surface area contributed by atoms with Crippen molar-refractivity contribution in [2.24, 2.45) is 0 Å². The number of nitriles is 1. The lowest BCUT2D eigenvalue weighted by Crippen LogP contribution is -2.27. The molecular weight excluding hydrogens is 190 g/mol. The first-order valence-electron chi connectivity index (χ1n) is 4.91. The van der Waals surface area contributed by atoms with E-state index in [0.29, 0.717) is 17.7 Å². The number of benzene rings is 1. The monoisotopic (exact) mass is 205 g/mol. The molecule has 0 radical (unpaired) electrons. The Morgan fingerprint density at radius 2 is 2.27 bits per heavy atom. The molecule has 0 aliphatic rings. The first-order valence-corrected chi connectivity index (χ1v) is 4.91. The first kappa shape index (κ1) is 11.7. The predicted octanol–water partition coefficient (Wildman–Crippen LogP) is 1.80. The Bertz CT molecular complexity index is 366. The molecule has 80 valence electrons. The smallest absolute Gasteiger partial charge is 0.110 e. The van der Waals surface area contributed by atoms with Crippen molar-refractivity contribution in [3.05, 3.63) is 35.4 Å². The van der Waals surface area contributed by atoms with Gasteiger partial charge in [0.2, 0.25) is 0 Å². The molecule has 0 aliphatic heterocycles. The number of aliphatic hydroxyl groups is 1. The van der Waals surface area contributed by atoms with Gasteiger partial charge in [0.15, 0.2) is 0 Å². The van der Waals surface area contributed by atoms with Gasteiger partial charge in [-0.1, -0.05) is 12.1 Å². The van der Waals surface area contributed by atoms with Crippen LogP contribution in [0.2, 0.25) is 0 Å². The molecule has 0 heterocycles. The van der Waals surface area contributed by atoms with E-state index >= 15 is 0 Å². The van der Waals surface area contributed by atoms with E-state index in [4.69, 9.17) is 10.00 Å². The van der Waals surface area contributed by atoms with Crippen molar-refractivity contribution in [2.75, 3.05) is 13.2 Å². The highest BCUT2D eigenvalue weighted by molar-refractivity contribution is 5.35. The van der Waals surface area contributed by atoms with E-state index in [1.807, 2.05) is 13.0 Å². The average molecular weight is 205 g/mol. The van der Waals surface area contributed by atoms with Crippen molar-refractivity contribution in [3.63, 3.8) is 0 Å². The van der Waals surface area contributed by atoms with Crippen LogP contribution in [0.1, 0.15) is 25.0 Å². The second-order valence-corrected chi connectivity index (χ2v) is 3.60. The molecule has 0 fully saturated rings. The Balaban J connectivity index is 2.89. The van der Waals surface area contributed by atoms with Crippen LogP contribution in [-0.4, -0.2) is 18.3 Å². The molecule has 3 heteroatoms. The maximum Gasteiger partial charge on any atom is 0.110 e. The fourth-order valence-electron chi connectivity index (χ4n) is 1.31. The summed E-state index contributed by atoms with van der Waals surface area (Å²) in [6.45, 7) is 4.35. The summed E-state index contributed by atoms with van der Waals surface area (Å²) in [4.78, 5) is 0. The molecule has 3 nitrogen and oxygen atoms in total. The Morgan fingerprint density at radius 3 is 2.87 bits per heavy atom. The minimum absolute atomic E-state index is 0.235. The van der Waals surface area contributed by atoms with Crippen molar-refractivity contribution >= 4 is 0 Å². The normalized spacial score (nSPS) is 14.3. The quantitative estimate of drug-likeness (QED) is 0.815. The van der Waals surface area contributed by atoms with Gasteiger partial charge in [0.1, 0.15) is 5.60 Å². The minimum atomic E-state index is -1.04. The molecule has 1 unspecified atom stereocenters. The lowest BCUT2D eigenvalue weighted by atomic mass is 9.95. The first-order chi connectivity index (χ1) is 7.10. The third kappa shape index (κ3) is 3.05. The maximum atomic E-state index is 10.1. The van der Waals surface area contributed by atoms with Crippen molar-refractivity contribution in [3.8, 4) is 6.07 Å². The molecule has 1 rings (SSSR count). The van der Waals surface area contributed by atoms with Crippen LogP contribution in [0.3, 0.4) is 0 Å². The van der Waals surface area contributed by atoms with Crippen molar-refractivity contribution in [2.45, 2.75) is 19.4 Å². The second-order valence-electron chi connectivity index (χ2n) is 3.60. The van der Waals surface area contributed by atoms with E-state index in [1.54, 1.807) is 31.2 Å². The number of hydrogen-bond donors (Lipinski definition) is 1. The molecule has 0 amide bonds. The number of hydrogen-bond acceptors (Lipinski definition) is 3. The lowest BCUT2D eigenvalue weighted by Gasteiger charge is -2.23. The predicted molar refractivity (Wildman–Crippen MR) is 57.2 cm³/mol. The second kappa shape index (κ2) is 4.92.